The van der Waals surface area contributed by atoms with E-state index in [0.717, 1.165) is 19.0 Å². The second-order valence-electron chi connectivity index (χ2n) is 11.4. The highest BCUT2D eigenvalue weighted by Gasteiger charge is 2.44. The number of ether oxygens (including phenoxy) is 3. The summed E-state index contributed by atoms with van der Waals surface area (Å²) in [5.74, 6) is 0.852. The number of likely N-dealkylation sites (tertiary alicyclic amines) is 1. The van der Waals surface area contributed by atoms with Gasteiger partial charge in [-0.05, 0) is 42.5 Å². The Morgan fingerprint density at radius 3 is 1.64 bits per heavy atom. The van der Waals surface area contributed by atoms with Crippen LogP contribution in [0.25, 0.3) is 0 Å². The predicted molar refractivity (Wildman–Crippen MR) is 157 cm³/mol. The first-order chi connectivity index (χ1) is 19.3. The highest BCUT2D eigenvalue weighted by Crippen LogP contribution is 2.31. The van der Waals surface area contributed by atoms with Crippen molar-refractivity contribution in [1.82, 2.24) is 4.90 Å². The third-order valence-corrected chi connectivity index (χ3v) is 8.58. The minimum atomic E-state index is -0.154. The van der Waals surface area contributed by atoms with Gasteiger partial charge in [0.15, 0.2) is 0 Å². The molecule has 0 spiro atoms. The summed E-state index contributed by atoms with van der Waals surface area (Å²) in [6, 6.07) is 31.7. The molecule has 0 aromatic heterocycles. The number of piperidine rings is 1. The molecule has 2 aliphatic rings. The molecule has 0 N–H and O–H groups in total. The first-order valence-electron chi connectivity index (χ1n) is 15.0. The van der Waals surface area contributed by atoms with E-state index in [1.54, 1.807) is 0 Å². The molecule has 1 saturated carbocycles. The molecule has 3 aromatic rings. The van der Waals surface area contributed by atoms with E-state index in [9.17, 15) is 0 Å². The SMILES string of the molecule is C[C@@H]1[C@@H](OCc2ccccc2)[C@H](OCc2ccccc2)[C@@H](OCc2ccccc2)CN1CCC1CCCCC1. The van der Waals surface area contributed by atoms with Crippen LogP contribution in [0.4, 0.5) is 0 Å². The van der Waals surface area contributed by atoms with Crippen LogP contribution in [0.3, 0.4) is 0 Å². The summed E-state index contributed by atoms with van der Waals surface area (Å²) in [7, 11) is 0. The maximum atomic E-state index is 6.74. The average molecular weight is 528 g/mol. The Hall–Kier alpha value is -2.50. The van der Waals surface area contributed by atoms with Crippen LogP contribution in [0, 0.1) is 5.92 Å². The smallest absolute Gasteiger partial charge is 0.113 e. The molecule has 4 nitrogen and oxygen atoms in total. The van der Waals surface area contributed by atoms with Crippen LogP contribution in [0.1, 0.15) is 62.1 Å². The van der Waals surface area contributed by atoms with Crippen molar-refractivity contribution in [2.45, 2.75) is 89.6 Å². The zero-order chi connectivity index (χ0) is 26.7. The van der Waals surface area contributed by atoms with Gasteiger partial charge in [0, 0.05) is 12.6 Å². The van der Waals surface area contributed by atoms with Crippen LogP contribution in [0.2, 0.25) is 0 Å². The highest BCUT2D eigenvalue weighted by atomic mass is 16.6. The predicted octanol–water partition coefficient (Wildman–Crippen LogP) is 7.42. The molecule has 0 radical (unpaired) electrons. The fourth-order valence-electron chi connectivity index (χ4n) is 6.21. The number of hydrogen-bond donors (Lipinski definition) is 0. The monoisotopic (exact) mass is 527 g/mol. The topological polar surface area (TPSA) is 30.9 Å². The van der Waals surface area contributed by atoms with Crippen molar-refractivity contribution in [2.24, 2.45) is 5.92 Å². The Morgan fingerprint density at radius 2 is 1.10 bits per heavy atom. The number of rotatable bonds is 12. The fraction of sp³-hybridized carbons (Fsp3) is 0.486. The van der Waals surface area contributed by atoms with Gasteiger partial charge >= 0.3 is 0 Å². The molecule has 1 heterocycles. The van der Waals surface area contributed by atoms with Crippen LogP contribution in [0.15, 0.2) is 91.0 Å². The molecule has 0 amide bonds. The van der Waals surface area contributed by atoms with Crippen molar-refractivity contribution in [1.29, 1.82) is 0 Å². The van der Waals surface area contributed by atoms with Crippen LogP contribution >= 0.6 is 0 Å². The van der Waals surface area contributed by atoms with Gasteiger partial charge in [0.25, 0.3) is 0 Å². The molecule has 2 fully saturated rings. The molecule has 3 aromatic carbocycles. The largest absolute Gasteiger partial charge is 0.369 e. The molecule has 4 atom stereocenters. The molecular weight excluding hydrogens is 482 g/mol. The van der Waals surface area contributed by atoms with Gasteiger partial charge in [-0.15, -0.1) is 0 Å². The van der Waals surface area contributed by atoms with Crippen molar-refractivity contribution in [3.05, 3.63) is 108 Å². The van der Waals surface area contributed by atoms with Gasteiger partial charge in [0.2, 0.25) is 0 Å². The Labute approximate surface area is 235 Å². The second kappa shape index (κ2) is 14.8. The molecule has 0 bridgehead atoms. The van der Waals surface area contributed by atoms with Crippen LogP contribution in [-0.2, 0) is 34.0 Å². The number of benzene rings is 3. The Balaban J connectivity index is 1.34. The lowest BCUT2D eigenvalue weighted by molar-refractivity contribution is -0.201. The number of nitrogens with zero attached hydrogens (tertiary/aromatic N) is 1. The van der Waals surface area contributed by atoms with Gasteiger partial charge in [-0.1, -0.05) is 123 Å². The van der Waals surface area contributed by atoms with E-state index in [4.69, 9.17) is 14.2 Å². The summed E-state index contributed by atoms with van der Waals surface area (Å²) in [5, 5.41) is 0. The maximum absolute atomic E-state index is 6.74. The van der Waals surface area contributed by atoms with E-state index in [1.807, 2.05) is 6.07 Å². The van der Waals surface area contributed by atoms with Gasteiger partial charge in [-0.2, -0.15) is 0 Å². The second-order valence-corrected chi connectivity index (χ2v) is 11.4. The quantitative estimate of drug-likeness (QED) is 0.245. The van der Waals surface area contributed by atoms with Crippen LogP contribution in [0.5, 0.6) is 0 Å². The fourth-order valence-corrected chi connectivity index (χ4v) is 6.21. The maximum Gasteiger partial charge on any atom is 0.113 e. The highest BCUT2D eigenvalue weighted by molar-refractivity contribution is 5.15. The Morgan fingerprint density at radius 1 is 0.615 bits per heavy atom. The molecule has 5 rings (SSSR count). The van der Waals surface area contributed by atoms with Crippen molar-refractivity contribution >= 4 is 0 Å². The lowest BCUT2D eigenvalue weighted by Gasteiger charge is -2.47. The standard InChI is InChI=1S/C35H45NO3/c1-28-34(38-26-31-18-10-4-11-19-31)35(39-27-32-20-12-5-13-21-32)33(37-25-30-16-8-3-9-17-30)24-36(28)23-22-29-14-6-2-7-15-29/h3-5,8-13,16-21,28-29,33-35H,2,6-7,14-15,22-27H2,1H3/t28-,33+,34-,35-/m1/s1. The molecule has 39 heavy (non-hydrogen) atoms. The molecule has 1 saturated heterocycles. The zero-order valence-corrected chi connectivity index (χ0v) is 23.5. The summed E-state index contributed by atoms with van der Waals surface area (Å²) in [6.45, 7) is 5.98. The van der Waals surface area contributed by atoms with E-state index < -0.39 is 0 Å². The first-order valence-corrected chi connectivity index (χ1v) is 15.0. The number of hydrogen-bond acceptors (Lipinski definition) is 4. The Bertz CT molecular complexity index is 1070. The minimum Gasteiger partial charge on any atom is -0.369 e. The summed E-state index contributed by atoms with van der Waals surface area (Å²) >= 11 is 0. The van der Waals surface area contributed by atoms with Crippen molar-refractivity contribution in [3.63, 3.8) is 0 Å². The minimum absolute atomic E-state index is 0.0720. The summed E-state index contributed by atoms with van der Waals surface area (Å²) in [5.41, 5.74) is 3.55. The summed E-state index contributed by atoms with van der Waals surface area (Å²) in [6.07, 6.45) is 7.89. The summed E-state index contributed by atoms with van der Waals surface area (Å²) < 4.78 is 20.1. The van der Waals surface area contributed by atoms with Gasteiger partial charge in [0.1, 0.15) is 12.2 Å². The molecular formula is C35H45NO3. The van der Waals surface area contributed by atoms with Gasteiger partial charge in [-0.25, -0.2) is 0 Å². The third kappa shape index (κ3) is 8.25. The van der Waals surface area contributed by atoms with E-state index in [1.165, 1.54) is 55.2 Å². The van der Waals surface area contributed by atoms with E-state index in [-0.39, 0.29) is 24.4 Å². The molecule has 4 heteroatoms. The zero-order valence-electron chi connectivity index (χ0n) is 23.5. The molecule has 0 unspecified atom stereocenters. The van der Waals surface area contributed by atoms with Gasteiger partial charge < -0.3 is 14.2 Å². The Kier molecular flexibility index (Phi) is 10.6. The van der Waals surface area contributed by atoms with E-state index in [2.05, 4.69) is 96.8 Å². The van der Waals surface area contributed by atoms with E-state index >= 15 is 0 Å². The molecule has 1 aliphatic carbocycles. The average Bonchev–Trinajstić information content (AvgIpc) is 3.00. The lowest BCUT2D eigenvalue weighted by Crippen LogP contribution is -2.62. The van der Waals surface area contributed by atoms with Gasteiger partial charge in [0.05, 0.1) is 25.9 Å². The summed E-state index contributed by atoms with van der Waals surface area (Å²) in [4.78, 5) is 2.61. The molecule has 1 aliphatic heterocycles. The normalized spacial score (nSPS) is 24.5. The van der Waals surface area contributed by atoms with Crippen molar-refractivity contribution < 1.29 is 14.2 Å². The van der Waals surface area contributed by atoms with Crippen LogP contribution in [-0.4, -0.2) is 42.3 Å². The first kappa shape index (κ1) is 28.0. The van der Waals surface area contributed by atoms with Crippen LogP contribution < -0.4 is 0 Å². The molecule has 208 valence electrons. The van der Waals surface area contributed by atoms with Gasteiger partial charge in [-0.3, -0.25) is 4.90 Å². The lowest BCUT2D eigenvalue weighted by atomic mass is 9.86. The van der Waals surface area contributed by atoms with E-state index in [0.29, 0.717) is 19.8 Å². The van der Waals surface area contributed by atoms with Crippen molar-refractivity contribution in [3.8, 4) is 0 Å². The third-order valence-electron chi connectivity index (χ3n) is 8.58. The van der Waals surface area contributed by atoms with Crippen molar-refractivity contribution in [2.75, 3.05) is 13.1 Å².